The highest BCUT2D eigenvalue weighted by molar-refractivity contribution is 5.82. The van der Waals surface area contributed by atoms with Crippen molar-refractivity contribution in [2.24, 2.45) is 0 Å². The Bertz CT molecular complexity index is 515. The van der Waals surface area contributed by atoms with Crippen molar-refractivity contribution < 1.29 is 4.79 Å². The maximum absolute atomic E-state index is 12.4. The summed E-state index contributed by atoms with van der Waals surface area (Å²) in [7, 11) is 0. The SMILES string of the molecule is Cc1ccc(C)c(N2CCN(C(=O)C3CCCN3)CC2)c1. The third-order valence-electron chi connectivity index (χ3n) is 4.66. The van der Waals surface area contributed by atoms with Gasteiger partial charge in [-0.2, -0.15) is 0 Å². The van der Waals surface area contributed by atoms with E-state index in [4.69, 9.17) is 0 Å². The van der Waals surface area contributed by atoms with Gasteiger partial charge in [0.05, 0.1) is 6.04 Å². The van der Waals surface area contributed by atoms with Gasteiger partial charge in [0, 0.05) is 31.9 Å². The Morgan fingerprint density at radius 3 is 2.62 bits per heavy atom. The lowest BCUT2D eigenvalue weighted by atomic mass is 10.1. The first-order valence-electron chi connectivity index (χ1n) is 7.99. The average Bonchev–Trinajstić information content (AvgIpc) is 3.03. The van der Waals surface area contributed by atoms with Crippen LogP contribution in [-0.2, 0) is 4.79 Å². The molecule has 0 aromatic heterocycles. The predicted molar refractivity (Wildman–Crippen MR) is 85.7 cm³/mol. The van der Waals surface area contributed by atoms with Gasteiger partial charge in [0.15, 0.2) is 0 Å². The molecule has 1 amide bonds. The molecule has 2 fully saturated rings. The van der Waals surface area contributed by atoms with E-state index in [1.165, 1.54) is 16.8 Å². The summed E-state index contributed by atoms with van der Waals surface area (Å²) >= 11 is 0. The largest absolute Gasteiger partial charge is 0.368 e. The van der Waals surface area contributed by atoms with Crippen molar-refractivity contribution in [1.82, 2.24) is 10.2 Å². The predicted octanol–water partition coefficient (Wildman–Crippen LogP) is 1.70. The zero-order valence-electron chi connectivity index (χ0n) is 13.1. The molecule has 1 N–H and O–H groups in total. The summed E-state index contributed by atoms with van der Waals surface area (Å²) < 4.78 is 0. The summed E-state index contributed by atoms with van der Waals surface area (Å²) in [5.74, 6) is 0.299. The van der Waals surface area contributed by atoms with Crippen molar-refractivity contribution in [2.75, 3.05) is 37.6 Å². The van der Waals surface area contributed by atoms with Crippen molar-refractivity contribution in [2.45, 2.75) is 32.7 Å². The minimum absolute atomic E-state index is 0.0669. The zero-order chi connectivity index (χ0) is 14.8. The number of carbonyl (C=O) groups is 1. The highest BCUT2D eigenvalue weighted by Gasteiger charge is 2.29. The number of amides is 1. The Balaban J connectivity index is 1.62. The maximum atomic E-state index is 12.4. The highest BCUT2D eigenvalue weighted by atomic mass is 16.2. The summed E-state index contributed by atoms with van der Waals surface area (Å²) in [6.07, 6.45) is 2.12. The third kappa shape index (κ3) is 3.05. The minimum Gasteiger partial charge on any atom is -0.368 e. The van der Waals surface area contributed by atoms with Crippen LogP contribution in [0.2, 0.25) is 0 Å². The van der Waals surface area contributed by atoms with Gasteiger partial charge in [-0.1, -0.05) is 12.1 Å². The number of aryl methyl sites for hydroxylation is 2. The van der Waals surface area contributed by atoms with Crippen LogP contribution in [0, 0.1) is 13.8 Å². The van der Waals surface area contributed by atoms with Crippen molar-refractivity contribution in [3.05, 3.63) is 29.3 Å². The van der Waals surface area contributed by atoms with E-state index in [1.807, 2.05) is 4.90 Å². The molecule has 4 nitrogen and oxygen atoms in total. The molecule has 114 valence electrons. The molecule has 0 spiro atoms. The lowest BCUT2D eigenvalue weighted by Crippen LogP contribution is -2.53. The van der Waals surface area contributed by atoms with Crippen LogP contribution in [0.15, 0.2) is 18.2 Å². The van der Waals surface area contributed by atoms with Gasteiger partial charge in [-0.3, -0.25) is 4.79 Å². The molecule has 1 aromatic carbocycles. The van der Waals surface area contributed by atoms with Gasteiger partial charge in [0.25, 0.3) is 0 Å². The lowest BCUT2D eigenvalue weighted by Gasteiger charge is -2.38. The summed E-state index contributed by atoms with van der Waals surface area (Å²) in [5.41, 5.74) is 3.93. The van der Waals surface area contributed by atoms with Crippen LogP contribution in [0.3, 0.4) is 0 Å². The number of hydrogen-bond acceptors (Lipinski definition) is 3. The van der Waals surface area contributed by atoms with E-state index in [2.05, 4.69) is 42.3 Å². The highest BCUT2D eigenvalue weighted by Crippen LogP contribution is 2.23. The first kappa shape index (κ1) is 14.4. The Hall–Kier alpha value is -1.55. The Morgan fingerprint density at radius 1 is 1.19 bits per heavy atom. The fraction of sp³-hybridized carbons (Fsp3) is 0.588. The number of carbonyl (C=O) groups excluding carboxylic acids is 1. The number of anilines is 1. The normalized spacial score (nSPS) is 22.7. The topological polar surface area (TPSA) is 35.6 Å². The molecule has 2 aliphatic heterocycles. The molecular formula is C17H25N3O. The molecule has 0 bridgehead atoms. The second-order valence-corrected chi connectivity index (χ2v) is 6.25. The summed E-state index contributed by atoms with van der Waals surface area (Å²) in [4.78, 5) is 16.9. The van der Waals surface area contributed by atoms with Crippen LogP contribution in [0.4, 0.5) is 5.69 Å². The van der Waals surface area contributed by atoms with Crippen molar-refractivity contribution in [3.8, 4) is 0 Å². The van der Waals surface area contributed by atoms with Gasteiger partial charge in [-0.15, -0.1) is 0 Å². The maximum Gasteiger partial charge on any atom is 0.239 e. The van der Waals surface area contributed by atoms with E-state index in [0.29, 0.717) is 5.91 Å². The van der Waals surface area contributed by atoms with Crippen LogP contribution in [0.25, 0.3) is 0 Å². The van der Waals surface area contributed by atoms with Crippen LogP contribution in [-0.4, -0.2) is 49.6 Å². The van der Waals surface area contributed by atoms with Crippen LogP contribution >= 0.6 is 0 Å². The standard InChI is InChI=1S/C17H25N3O/c1-13-5-6-14(2)16(12-13)19-8-10-20(11-9-19)17(21)15-4-3-7-18-15/h5-6,12,15,18H,3-4,7-11H2,1-2H3. The molecule has 4 heteroatoms. The molecule has 2 saturated heterocycles. The Morgan fingerprint density at radius 2 is 1.95 bits per heavy atom. The summed E-state index contributed by atoms with van der Waals surface area (Å²) in [6, 6.07) is 6.66. The van der Waals surface area contributed by atoms with Gasteiger partial charge in [0.2, 0.25) is 5.91 Å². The molecule has 2 aliphatic rings. The molecule has 0 saturated carbocycles. The quantitative estimate of drug-likeness (QED) is 0.899. The summed E-state index contributed by atoms with van der Waals surface area (Å²) in [5, 5.41) is 3.31. The monoisotopic (exact) mass is 287 g/mol. The first-order valence-corrected chi connectivity index (χ1v) is 7.99. The van der Waals surface area contributed by atoms with Gasteiger partial charge in [-0.25, -0.2) is 0 Å². The van der Waals surface area contributed by atoms with Crippen molar-refractivity contribution >= 4 is 11.6 Å². The Kier molecular flexibility index (Phi) is 4.15. The fourth-order valence-electron chi connectivity index (χ4n) is 3.34. The number of rotatable bonds is 2. The zero-order valence-corrected chi connectivity index (χ0v) is 13.1. The van der Waals surface area contributed by atoms with Gasteiger partial charge in [0.1, 0.15) is 0 Å². The van der Waals surface area contributed by atoms with Gasteiger partial charge >= 0.3 is 0 Å². The van der Waals surface area contributed by atoms with Crippen molar-refractivity contribution in [1.29, 1.82) is 0 Å². The van der Waals surface area contributed by atoms with E-state index < -0.39 is 0 Å². The van der Waals surface area contributed by atoms with Crippen molar-refractivity contribution in [3.63, 3.8) is 0 Å². The number of piperazine rings is 1. The number of nitrogens with zero attached hydrogens (tertiary/aromatic N) is 2. The average molecular weight is 287 g/mol. The molecule has 1 unspecified atom stereocenters. The summed E-state index contributed by atoms with van der Waals surface area (Å²) in [6.45, 7) is 8.82. The van der Waals surface area contributed by atoms with E-state index >= 15 is 0 Å². The van der Waals surface area contributed by atoms with Gasteiger partial charge < -0.3 is 15.1 Å². The minimum atomic E-state index is 0.0669. The molecule has 21 heavy (non-hydrogen) atoms. The van der Waals surface area contributed by atoms with E-state index in [-0.39, 0.29) is 6.04 Å². The molecule has 0 radical (unpaired) electrons. The molecule has 1 atom stereocenters. The van der Waals surface area contributed by atoms with Crippen LogP contribution < -0.4 is 10.2 Å². The molecule has 1 aromatic rings. The Labute approximate surface area is 127 Å². The second kappa shape index (κ2) is 6.06. The second-order valence-electron chi connectivity index (χ2n) is 6.25. The first-order chi connectivity index (χ1) is 10.1. The van der Waals surface area contributed by atoms with E-state index in [9.17, 15) is 4.79 Å². The molecule has 0 aliphatic carbocycles. The smallest absolute Gasteiger partial charge is 0.239 e. The van der Waals surface area contributed by atoms with Gasteiger partial charge in [-0.05, 0) is 50.4 Å². The molecule has 3 rings (SSSR count). The number of hydrogen-bond donors (Lipinski definition) is 1. The van der Waals surface area contributed by atoms with Crippen LogP contribution in [0.1, 0.15) is 24.0 Å². The van der Waals surface area contributed by atoms with Crippen LogP contribution in [0.5, 0.6) is 0 Å². The fourth-order valence-corrected chi connectivity index (χ4v) is 3.34. The third-order valence-corrected chi connectivity index (χ3v) is 4.66. The molecule has 2 heterocycles. The van der Waals surface area contributed by atoms with E-state index in [0.717, 1.165) is 45.6 Å². The van der Waals surface area contributed by atoms with E-state index in [1.54, 1.807) is 0 Å². The number of nitrogens with one attached hydrogen (secondary N) is 1. The lowest BCUT2D eigenvalue weighted by molar-refractivity contribution is -0.133. The molecular weight excluding hydrogens is 262 g/mol. The number of benzene rings is 1.